The summed E-state index contributed by atoms with van der Waals surface area (Å²) in [7, 11) is 1.67. The summed E-state index contributed by atoms with van der Waals surface area (Å²) in [5, 5.41) is 9.34. The molecule has 0 amide bonds. The minimum absolute atomic E-state index is 0.183. The van der Waals surface area contributed by atoms with E-state index in [-0.39, 0.29) is 12.0 Å². The van der Waals surface area contributed by atoms with Gasteiger partial charge >= 0.3 is 5.97 Å². The Labute approximate surface area is 137 Å². The van der Waals surface area contributed by atoms with Crippen molar-refractivity contribution in [2.45, 2.75) is 39.3 Å². The number of methoxy groups -OCH3 is 1. The Kier molecular flexibility index (Phi) is 4.48. The number of rotatable bonds is 4. The summed E-state index contributed by atoms with van der Waals surface area (Å²) < 4.78 is 11.4. The maximum atomic E-state index is 11.4. The number of piperidine rings is 1. The van der Waals surface area contributed by atoms with Crippen molar-refractivity contribution < 1.29 is 19.4 Å². The maximum Gasteiger partial charge on any atom is 0.307 e. The van der Waals surface area contributed by atoms with Gasteiger partial charge in [0.2, 0.25) is 0 Å². The molecular weight excluding hydrogens is 294 g/mol. The number of nitrogens with zero attached hydrogens (tertiary/aromatic N) is 1. The first-order chi connectivity index (χ1) is 11.0. The number of aliphatic carboxylic acids is 1. The number of hydrogen-bond donors (Lipinski definition) is 1. The summed E-state index contributed by atoms with van der Waals surface area (Å²) in [6, 6.07) is 4.06. The molecule has 23 heavy (non-hydrogen) atoms. The lowest BCUT2D eigenvalue weighted by Gasteiger charge is -2.35. The third-order valence-corrected chi connectivity index (χ3v) is 4.76. The van der Waals surface area contributed by atoms with Gasteiger partial charge in [-0.15, -0.1) is 0 Å². The van der Waals surface area contributed by atoms with Gasteiger partial charge in [-0.1, -0.05) is 6.92 Å². The molecule has 3 atom stereocenters. The zero-order chi connectivity index (χ0) is 16.6. The zero-order valence-electron chi connectivity index (χ0n) is 14.0. The maximum absolute atomic E-state index is 11.4. The topological polar surface area (TPSA) is 59.0 Å². The third-order valence-electron chi connectivity index (χ3n) is 4.76. The van der Waals surface area contributed by atoms with E-state index >= 15 is 0 Å². The van der Waals surface area contributed by atoms with Gasteiger partial charge in [0.25, 0.3) is 0 Å². The van der Waals surface area contributed by atoms with Crippen molar-refractivity contribution in [2.75, 3.05) is 20.2 Å². The normalized spacial score (nSPS) is 27.3. The van der Waals surface area contributed by atoms with Crippen LogP contribution in [-0.4, -0.2) is 42.3 Å². The first kappa shape index (κ1) is 16.1. The SMILES string of the molecule is COc1cc2c(c(CN3CC(C)CC(C(=O)O)C3)c1)OC(C)C2. The van der Waals surface area contributed by atoms with Crippen molar-refractivity contribution in [3.8, 4) is 11.5 Å². The summed E-state index contributed by atoms with van der Waals surface area (Å²) in [6.45, 7) is 6.42. The number of carboxylic acids is 1. The van der Waals surface area contributed by atoms with Crippen LogP contribution in [0.1, 0.15) is 31.4 Å². The highest BCUT2D eigenvalue weighted by Gasteiger charge is 2.31. The molecule has 1 saturated heterocycles. The van der Waals surface area contributed by atoms with E-state index in [1.54, 1.807) is 7.11 Å². The first-order valence-electron chi connectivity index (χ1n) is 8.28. The Balaban J connectivity index is 1.82. The van der Waals surface area contributed by atoms with Crippen molar-refractivity contribution in [3.05, 3.63) is 23.3 Å². The Morgan fingerprint density at radius 3 is 2.87 bits per heavy atom. The fourth-order valence-electron chi connectivity index (χ4n) is 3.82. The van der Waals surface area contributed by atoms with Gasteiger partial charge in [0, 0.05) is 37.2 Å². The highest BCUT2D eigenvalue weighted by Crippen LogP contribution is 2.37. The van der Waals surface area contributed by atoms with Gasteiger partial charge in [0.05, 0.1) is 13.0 Å². The van der Waals surface area contributed by atoms with Gasteiger partial charge in [-0.05, 0) is 31.4 Å². The standard InChI is InChI=1S/C18H25NO4/c1-11-4-15(18(20)21)10-19(8-11)9-14-7-16(22-3)6-13-5-12(2)23-17(13)14/h6-7,11-12,15H,4-5,8-10H2,1-3H3,(H,20,21). The van der Waals surface area contributed by atoms with Crippen LogP contribution in [-0.2, 0) is 17.8 Å². The van der Waals surface area contributed by atoms with Gasteiger partial charge in [-0.3, -0.25) is 9.69 Å². The molecule has 2 aliphatic rings. The molecule has 0 aromatic heterocycles. The van der Waals surface area contributed by atoms with Crippen LogP contribution in [0.4, 0.5) is 0 Å². The molecule has 3 rings (SSSR count). The number of fused-ring (bicyclic) bond motifs is 1. The monoisotopic (exact) mass is 319 g/mol. The van der Waals surface area contributed by atoms with Crippen LogP contribution in [0.3, 0.4) is 0 Å². The molecule has 0 saturated carbocycles. The van der Waals surface area contributed by atoms with Crippen LogP contribution < -0.4 is 9.47 Å². The van der Waals surface area contributed by atoms with Crippen LogP contribution in [0.5, 0.6) is 11.5 Å². The van der Waals surface area contributed by atoms with Gasteiger partial charge < -0.3 is 14.6 Å². The average Bonchev–Trinajstić information content (AvgIpc) is 2.87. The van der Waals surface area contributed by atoms with Crippen LogP contribution in [0.25, 0.3) is 0 Å². The minimum atomic E-state index is -0.692. The number of likely N-dealkylation sites (tertiary alicyclic amines) is 1. The third kappa shape index (κ3) is 3.44. The molecule has 1 fully saturated rings. The van der Waals surface area contributed by atoms with Crippen LogP contribution >= 0.6 is 0 Å². The van der Waals surface area contributed by atoms with Gasteiger partial charge in [0.15, 0.2) is 0 Å². The van der Waals surface area contributed by atoms with Gasteiger partial charge in [0.1, 0.15) is 17.6 Å². The van der Waals surface area contributed by atoms with Crippen molar-refractivity contribution >= 4 is 5.97 Å². The molecular formula is C18H25NO4. The number of carbonyl (C=O) groups is 1. The minimum Gasteiger partial charge on any atom is -0.497 e. The Hall–Kier alpha value is -1.75. The van der Waals surface area contributed by atoms with Gasteiger partial charge in [-0.2, -0.15) is 0 Å². The molecule has 0 bridgehead atoms. The first-order valence-corrected chi connectivity index (χ1v) is 8.28. The van der Waals surface area contributed by atoms with Crippen molar-refractivity contribution in [3.63, 3.8) is 0 Å². The van der Waals surface area contributed by atoms with E-state index in [9.17, 15) is 9.90 Å². The number of carboxylic acid groups (broad SMARTS) is 1. The molecule has 1 aromatic carbocycles. The largest absolute Gasteiger partial charge is 0.497 e. The van der Waals surface area contributed by atoms with E-state index < -0.39 is 5.97 Å². The molecule has 126 valence electrons. The molecule has 0 spiro atoms. The van der Waals surface area contributed by atoms with Crippen LogP contribution in [0.2, 0.25) is 0 Å². The predicted molar refractivity (Wildman–Crippen MR) is 87.0 cm³/mol. The van der Waals surface area contributed by atoms with E-state index in [2.05, 4.69) is 18.7 Å². The molecule has 5 nitrogen and oxygen atoms in total. The van der Waals surface area contributed by atoms with E-state index in [1.165, 1.54) is 5.56 Å². The highest BCUT2D eigenvalue weighted by molar-refractivity contribution is 5.70. The Morgan fingerprint density at radius 2 is 2.17 bits per heavy atom. The molecule has 1 aromatic rings. The zero-order valence-corrected chi connectivity index (χ0v) is 14.0. The van der Waals surface area contributed by atoms with Crippen molar-refractivity contribution in [1.29, 1.82) is 0 Å². The highest BCUT2D eigenvalue weighted by atomic mass is 16.5. The van der Waals surface area contributed by atoms with E-state index in [0.717, 1.165) is 36.4 Å². The molecule has 0 aliphatic carbocycles. The van der Waals surface area contributed by atoms with E-state index in [1.807, 2.05) is 12.1 Å². The lowest BCUT2D eigenvalue weighted by molar-refractivity contribution is -0.144. The smallest absolute Gasteiger partial charge is 0.307 e. The summed E-state index contributed by atoms with van der Waals surface area (Å²) in [4.78, 5) is 13.6. The molecule has 5 heteroatoms. The molecule has 2 aliphatic heterocycles. The lowest BCUT2D eigenvalue weighted by Crippen LogP contribution is -2.42. The van der Waals surface area contributed by atoms with E-state index in [4.69, 9.17) is 9.47 Å². The van der Waals surface area contributed by atoms with E-state index in [0.29, 0.717) is 19.0 Å². The molecule has 2 heterocycles. The number of benzene rings is 1. The summed E-state index contributed by atoms with van der Waals surface area (Å²) in [5.41, 5.74) is 2.29. The molecule has 0 radical (unpaired) electrons. The number of hydrogen-bond acceptors (Lipinski definition) is 4. The van der Waals surface area contributed by atoms with Crippen molar-refractivity contribution in [1.82, 2.24) is 4.90 Å². The quantitative estimate of drug-likeness (QED) is 0.924. The van der Waals surface area contributed by atoms with Crippen LogP contribution in [0, 0.1) is 11.8 Å². The van der Waals surface area contributed by atoms with Crippen LogP contribution in [0.15, 0.2) is 12.1 Å². The fourth-order valence-corrected chi connectivity index (χ4v) is 3.82. The second-order valence-corrected chi connectivity index (χ2v) is 6.98. The Morgan fingerprint density at radius 1 is 1.39 bits per heavy atom. The summed E-state index contributed by atoms with van der Waals surface area (Å²) >= 11 is 0. The summed E-state index contributed by atoms with van der Waals surface area (Å²) in [5.74, 6) is 1.22. The van der Waals surface area contributed by atoms with Crippen molar-refractivity contribution in [2.24, 2.45) is 11.8 Å². The second-order valence-electron chi connectivity index (χ2n) is 6.98. The fraction of sp³-hybridized carbons (Fsp3) is 0.611. The predicted octanol–water partition coefficient (Wildman–Crippen LogP) is 2.56. The Bertz CT molecular complexity index is 601. The second kappa shape index (κ2) is 6.40. The molecule has 1 N–H and O–H groups in total. The average molecular weight is 319 g/mol. The summed E-state index contributed by atoms with van der Waals surface area (Å²) in [6.07, 6.45) is 1.84. The number of ether oxygens (including phenoxy) is 2. The molecule has 3 unspecified atom stereocenters. The van der Waals surface area contributed by atoms with Gasteiger partial charge in [-0.25, -0.2) is 0 Å². The lowest BCUT2D eigenvalue weighted by atomic mass is 9.90.